The molecule has 0 fully saturated rings. The molecule has 3 nitrogen and oxygen atoms in total. The largest absolute Gasteiger partial charge is 0.392 e. The van der Waals surface area contributed by atoms with Gasteiger partial charge in [-0.3, -0.25) is 4.79 Å². The van der Waals surface area contributed by atoms with Crippen LogP contribution in [0, 0.1) is 5.92 Å². The maximum Gasteiger partial charge on any atom is 0.226 e. The number of carbonyl (C=O) groups is 1. The van der Waals surface area contributed by atoms with Crippen LogP contribution in [-0.4, -0.2) is 28.4 Å². The van der Waals surface area contributed by atoms with Crippen LogP contribution in [0.4, 0.5) is 0 Å². The molecule has 1 unspecified atom stereocenters. The summed E-state index contributed by atoms with van der Waals surface area (Å²) in [5, 5.41) is 0. The summed E-state index contributed by atoms with van der Waals surface area (Å²) in [6, 6.07) is 8.52. The van der Waals surface area contributed by atoms with Gasteiger partial charge in [-0.1, -0.05) is 36.5 Å². The van der Waals surface area contributed by atoms with Crippen LogP contribution in [0.2, 0.25) is 0 Å². The average Bonchev–Trinajstić information content (AvgIpc) is 2.43. The van der Waals surface area contributed by atoms with E-state index < -0.39 is 0 Å². The van der Waals surface area contributed by atoms with E-state index in [4.69, 9.17) is 18.0 Å². The summed E-state index contributed by atoms with van der Waals surface area (Å²) in [7, 11) is 0. The Hall–Kier alpha value is -1.42. The Morgan fingerprint density at radius 2 is 2.05 bits per heavy atom. The van der Waals surface area contributed by atoms with Crippen LogP contribution < -0.4 is 5.73 Å². The van der Waals surface area contributed by atoms with Crippen molar-refractivity contribution in [2.24, 2.45) is 11.7 Å². The Bertz CT molecular complexity index is 513. The second-order valence-corrected chi connectivity index (χ2v) is 6.26. The van der Waals surface area contributed by atoms with Gasteiger partial charge < -0.3 is 10.6 Å². The van der Waals surface area contributed by atoms with E-state index in [9.17, 15) is 4.79 Å². The second-order valence-electron chi connectivity index (χ2n) is 5.73. The highest BCUT2D eigenvalue weighted by Crippen LogP contribution is 2.27. The fraction of sp³-hybridized carbons (Fsp3) is 0.500. The molecule has 1 aromatic carbocycles. The lowest BCUT2D eigenvalue weighted by atomic mass is 9.83. The molecule has 0 radical (unpaired) electrons. The van der Waals surface area contributed by atoms with E-state index in [0.29, 0.717) is 11.5 Å². The fourth-order valence-electron chi connectivity index (χ4n) is 2.83. The molecule has 1 aromatic rings. The first-order chi connectivity index (χ1) is 9.49. The van der Waals surface area contributed by atoms with E-state index in [1.807, 2.05) is 19.9 Å². The molecule has 0 spiro atoms. The Labute approximate surface area is 126 Å². The topological polar surface area (TPSA) is 46.3 Å². The summed E-state index contributed by atoms with van der Waals surface area (Å²) in [6.45, 7) is 4.39. The summed E-state index contributed by atoms with van der Waals surface area (Å²) in [4.78, 5) is 14.9. The van der Waals surface area contributed by atoms with Crippen molar-refractivity contribution in [3.8, 4) is 0 Å². The number of benzene rings is 1. The highest BCUT2D eigenvalue weighted by atomic mass is 32.1. The van der Waals surface area contributed by atoms with Crippen LogP contribution in [0.5, 0.6) is 0 Å². The third kappa shape index (κ3) is 3.37. The summed E-state index contributed by atoms with van der Waals surface area (Å²) in [5.41, 5.74) is 8.29. The van der Waals surface area contributed by atoms with Gasteiger partial charge in [0.1, 0.15) is 0 Å². The number of rotatable bonds is 4. The lowest BCUT2D eigenvalue weighted by Gasteiger charge is -2.32. The maximum atomic E-state index is 12.7. The molecule has 20 heavy (non-hydrogen) atoms. The zero-order chi connectivity index (χ0) is 14.7. The van der Waals surface area contributed by atoms with Gasteiger partial charge in [0.2, 0.25) is 5.91 Å². The molecule has 2 N–H and O–H groups in total. The summed E-state index contributed by atoms with van der Waals surface area (Å²) in [5.74, 6) is 0.240. The fourth-order valence-corrected chi connectivity index (χ4v) is 2.97. The Morgan fingerprint density at radius 1 is 1.40 bits per heavy atom. The minimum absolute atomic E-state index is 0.0571. The van der Waals surface area contributed by atoms with Gasteiger partial charge in [0.15, 0.2) is 0 Å². The van der Waals surface area contributed by atoms with Gasteiger partial charge in [0, 0.05) is 12.0 Å². The predicted molar refractivity (Wildman–Crippen MR) is 85.6 cm³/mol. The van der Waals surface area contributed by atoms with E-state index >= 15 is 0 Å². The number of nitrogens with two attached hydrogens (primary N) is 1. The molecule has 0 bridgehead atoms. The van der Waals surface area contributed by atoms with Crippen molar-refractivity contribution in [1.82, 2.24) is 4.90 Å². The third-order valence-corrected chi connectivity index (χ3v) is 4.06. The van der Waals surface area contributed by atoms with Crippen molar-refractivity contribution < 1.29 is 4.79 Å². The molecule has 1 aliphatic rings. The summed E-state index contributed by atoms with van der Waals surface area (Å²) < 4.78 is 0. The van der Waals surface area contributed by atoms with Gasteiger partial charge in [0.25, 0.3) is 0 Å². The van der Waals surface area contributed by atoms with Crippen molar-refractivity contribution in [3.63, 3.8) is 0 Å². The molecule has 0 heterocycles. The third-order valence-electron chi connectivity index (χ3n) is 3.93. The number of nitrogens with zero attached hydrogens (tertiary/aromatic N) is 1. The van der Waals surface area contributed by atoms with Crippen molar-refractivity contribution >= 4 is 23.1 Å². The van der Waals surface area contributed by atoms with E-state index in [2.05, 4.69) is 18.2 Å². The first kappa shape index (κ1) is 15.0. The highest BCUT2D eigenvalue weighted by Gasteiger charge is 2.29. The van der Waals surface area contributed by atoms with E-state index in [1.54, 1.807) is 4.90 Å². The van der Waals surface area contributed by atoms with E-state index in [1.165, 1.54) is 11.1 Å². The molecule has 2 rings (SSSR count). The number of hydrogen-bond acceptors (Lipinski definition) is 2. The normalized spacial score (nSPS) is 17.6. The SMILES string of the molecule is CC(C)N(CC(N)=S)C(=O)C1CCc2ccccc2C1. The molecular formula is C16H22N2OS. The van der Waals surface area contributed by atoms with Gasteiger partial charge in [-0.05, 0) is 44.2 Å². The molecular weight excluding hydrogens is 268 g/mol. The monoisotopic (exact) mass is 290 g/mol. The smallest absolute Gasteiger partial charge is 0.226 e. The summed E-state index contributed by atoms with van der Waals surface area (Å²) in [6.07, 6.45) is 2.72. The molecule has 0 saturated heterocycles. The van der Waals surface area contributed by atoms with Crippen LogP contribution in [-0.2, 0) is 17.6 Å². The summed E-state index contributed by atoms with van der Waals surface area (Å²) >= 11 is 4.96. The van der Waals surface area contributed by atoms with Crippen LogP contribution in [0.1, 0.15) is 31.4 Å². The zero-order valence-electron chi connectivity index (χ0n) is 12.1. The predicted octanol–water partition coefficient (Wildman–Crippen LogP) is 2.31. The van der Waals surface area contributed by atoms with Crippen molar-refractivity contribution in [3.05, 3.63) is 35.4 Å². The van der Waals surface area contributed by atoms with E-state index in [0.717, 1.165) is 19.3 Å². The van der Waals surface area contributed by atoms with E-state index in [-0.39, 0.29) is 17.9 Å². The molecule has 1 atom stereocenters. The Kier molecular flexibility index (Phi) is 4.76. The Balaban J connectivity index is 2.11. The maximum absolute atomic E-state index is 12.7. The second kappa shape index (κ2) is 6.35. The quantitative estimate of drug-likeness (QED) is 0.866. The molecule has 4 heteroatoms. The number of carbonyl (C=O) groups excluding carboxylic acids is 1. The van der Waals surface area contributed by atoms with Crippen LogP contribution >= 0.6 is 12.2 Å². The van der Waals surface area contributed by atoms with Crippen molar-refractivity contribution in [2.75, 3.05) is 6.54 Å². The molecule has 108 valence electrons. The zero-order valence-corrected chi connectivity index (χ0v) is 13.0. The standard InChI is InChI=1S/C16H22N2OS/c1-11(2)18(10-15(17)20)16(19)14-8-7-12-5-3-4-6-13(12)9-14/h3-6,11,14H,7-10H2,1-2H3,(H2,17,20). The molecule has 1 amide bonds. The average molecular weight is 290 g/mol. The van der Waals surface area contributed by atoms with Crippen molar-refractivity contribution in [2.45, 2.75) is 39.2 Å². The highest BCUT2D eigenvalue weighted by molar-refractivity contribution is 7.80. The van der Waals surface area contributed by atoms with Crippen LogP contribution in [0.3, 0.4) is 0 Å². The molecule has 0 saturated carbocycles. The molecule has 0 aromatic heterocycles. The minimum Gasteiger partial charge on any atom is -0.392 e. The number of amides is 1. The lowest BCUT2D eigenvalue weighted by molar-refractivity contribution is -0.136. The minimum atomic E-state index is 0.0571. The molecule has 0 aliphatic heterocycles. The Morgan fingerprint density at radius 3 is 2.65 bits per heavy atom. The molecule has 1 aliphatic carbocycles. The van der Waals surface area contributed by atoms with Gasteiger partial charge >= 0.3 is 0 Å². The number of aryl methyl sites for hydroxylation is 1. The van der Waals surface area contributed by atoms with Gasteiger partial charge in [-0.25, -0.2) is 0 Å². The first-order valence-electron chi connectivity index (χ1n) is 7.14. The lowest BCUT2D eigenvalue weighted by Crippen LogP contribution is -2.46. The van der Waals surface area contributed by atoms with Gasteiger partial charge in [-0.15, -0.1) is 0 Å². The van der Waals surface area contributed by atoms with Crippen molar-refractivity contribution in [1.29, 1.82) is 0 Å². The number of thiocarbonyl (C=S) groups is 1. The van der Waals surface area contributed by atoms with Gasteiger partial charge in [-0.2, -0.15) is 0 Å². The van der Waals surface area contributed by atoms with Crippen LogP contribution in [0.25, 0.3) is 0 Å². The number of fused-ring (bicyclic) bond motifs is 1. The first-order valence-corrected chi connectivity index (χ1v) is 7.55. The van der Waals surface area contributed by atoms with Crippen LogP contribution in [0.15, 0.2) is 24.3 Å². The van der Waals surface area contributed by atoms with Gasteiger partial charge in [0.05, 0.1) is 11.5 Å². The number of hydrogen-bond donors (Lipinski definition) is 1.